The van der Waals surface area contributed by atoms with Crippen molar-refractivity contribution in [2.24, 2.45) is 0 Å². The van der Waals surface area contributed by atoms with Gasteiger partial charge in [0.1, 0.15) is 16.5 Å². The maximum Gasteiger partial charge on any atom is 0.416 e. The lowest BCUT2D eigenvalue weighted by molar-refractivity contribution is -0.137. The lowest BCUT2D eigenvalue weighted by Crippen LogP contribution is -2.35. The summed E-state index contributed by atoms with van der Waals surface area (Å²) in [5.41, 5.74) is -0.597. The number of thiazole rings is 1. The molecule has 3 aromatic rings. The van der Waals surface area contributed by atoms with Gasteiger partial charge in [0.25, 0.3) is 11.8 Å². The van der Waals surface area contributed by atoms with Gasteiger partial charge in [0.2, 0.25) is 0 Å². The zero-order valence-electron chi connectivity index (χ0n) is 15.3. The zero-order valence-corrected chi connectivity index (χ0v) is 16.1. The minimum Gasteiger partial charge on any atom is -0.350 e. The van der Waals surface area contributed by atoms with E-state index in [1.807, 2.05) is 0 Å². The maximum absolute atomic E-state index is 13.5. The highest BCUT2D eigenvalue weighted by Gasteiger charge is 2.30. The van der Waals surface area contributed by atoms with E-state index in [2.05, 4.69) is 15.6 Å². The maximum atomic E-state index is 13.5. The summed E-state index contributed by atoms with van der Waals surface area (Å²) in [6.07, 6.45) is -4.47. The van der Waals surface area contributed by atoms with Gasteiger partial charge in [-0.25, -0.2) is 9.37 Å². The first kappa shape index (κ1) is 21.4. The number of hydrogen-bond donors (Lipinski definition) is 2. The lowest BCUT2D eigenvalue weighted by atomic mass is 10.1. The van der Waals surface area contributed by atoms with Gasteiger partial charge in [-0.15, -0.1) is 11.3 Å². The average Bonchev–Trinajstić information content (AvgIpc) is 3.21. The molecular weight excluding hydrogens is 422 g/mol. The molecule has 2 amide bonds. The van der Waals surface area contributed by atoms with Gasteiger partial charge in [0.15, 0.2) is 0 Å². The van der Waals surface area contributed by atoms with Crippen molar-refractivity contribution in [2.45, 2.75) is 6.18 Å². The van der Waals surface area contributed by atoms with E-state index >= 15 is 0 Å². The van der Waals surface area contributed by atoms with Crippen LogP contribution in [0, 0.1) is 5.82 Å². The van der Waals surface area contributed by atoms with Crippen LogP contribution in [0.15, 0.2) is 53.9 Å². The Bertz CT molecular complexity index is 1070. The number of hydrogen-bond acceptors (Lipinski definition) is 4. The molecule has 2 aromatic carbocycles. The number of halogens is 4. The lowest BCUT2D eigenvalue weighted by Gasteiger charge is -2.07. The van der Waals surface area contributed by atoms with Gasteiger partial charge >= 0.3 is 6.18 Å². The van der Waals surface area contributed by atoms with E-state index in [1.165, 1.54) is 41.8 Å². The normalized spacial score (nSPS) is 11.2. The van der Waals surface area contributed by atoms with Crippen molar-refractivity contribution in [1.82, 2.24) is 15.6 Å². The SMILES string of the molecule is O=C(NCCNC(=O)c1ccccc1F)c1csc(-c2cccc(C(F)(F)F)c2)n1. The summed E-state index contributed by atoms with van der Waals surface area (Å²) in [5, 5.41) is 6.73. The third-order valence-corrected chi connectivity index (χ3v) is 4.88. The van der Waals surface area contributed by atoms with Gasteiger partial charge in [0.05, 0.1) is 11.1 Å². The van der Waals surface area contributed by atoms with Crippen molar-refractivity contribution in [3.05, 3.63) is 76.5 Å². The van der Waals surface area contributed by atoms with Gasteiger partial charge in [0, 0.05) is 24.0 Å². The van der Waals surface area contributed by atoms with Crippen LogP contribution in [0.3, 0.4) is 0 Å². The molecule has 0 saturated carbocycles. The molecular formula is C20H15F4N3O2S. The van der Waals surface area contributed by atoms with E-state index < -0.39 is 29.4 Å². The first-order valence-electron chi connectivity index (χ1n) is 8.70. The van der Waals surface area contributed by atoms with E-state index in [9.17, 15) is 27.2 Å². The van der Waals surface area contributed by atoms with Crippen molar-refractivity contribution in [1.29, 1.82) is 0 Å². The number of amides is 2. The summed E-state index contributed by atoms with van der Waals surface area (Å²) in [4.78, 5) is 28.1. The highest BCUT2D eigenvalue weighted by Crippen LogP contribution is 2.33. The average molecular weight is 437 g/mol. The molecule has 1 heterocycles. The molecule has 30 heavy (non-hydrogen) atoms. The molecule has 0 aliphatic carbocycles. The van der Waals surface area contributed by atoms with Crippen LogP contribution in [0.5, 0.6) is 0 Å². The van der Waals surface area contributed by atoms with Crippen molar-refractivity contribution < 1.29 is 27.2 Å². The van der Waals surface area contributed by atoms with E-state index in [4.69, 9.17) is 0 Å². The van der Waals surface area contributed by atoms with E-state index in [-0.39, 0.29) is 34.9 Å². The fraction of sp³-hybridized carbons (Fsp3) is 0.150. The van der Waals surface area contributed by atoms with Gasteiger partial charge < -0.3 is 10.6 Å². The largest absolute Gasteiger partial charge is 0.416 e. The highest BCUT2D eigenvalue weighted by molar-refractivity contribution is 7.13. The standard InChI is InChI=1S/C20H15F4N3O2S/c21-15-7-2-1-6-14(15)17(28)25-8-9-26-18(29)16-11-30-19(27-16)12-4-3-5-13(10-12)20(22,23)24/h1-7,10-11H,8-9H2,(H,25,28)(H,26,29). The van der Waals surface area contributed by atoms with E-state index in [1.54, 1.807) is 0 Å². The van der Waals surface area contributed by atoms with Crippen molar-refractivity contribution >= 4 is 23.2 Å². The second-order valence-corrected chi connectivity index (χ2v) is 6.97. The smallest absolute Gasteiger partial charge is 0.350 e. The number of carbonyl (C=O) groups is 2. The van der Waals surface area contributed by atoms with Crippen molar-refractivity contribution in [2.75, 3.05) is 13.1 Å². The van der Waals surface area contributed by atoms with Crippen molar-refractivity contribution in [3.63, 3.8) is 0 Å². The molecule has 0 radical (unpaired) electrons. The molecule has 0 unspecified atom stereocenters. The van der Waals surface area contributed by atoms with Crippen LogP contribution in [0.4, 0.5) is 17.6 Å². The fourth-order valence-electron chi connectivity index (χ4n) is 2.52. The molecule has 0 fully saturated rings. The predicted molar refractivity (Wildman–Crippen MR) is 104 cm³/mol. The molecule has 2 N–H and O–H groups in total. The quantitative estimate of drug-likeness (QED) is 0.450. The Morgan fingerprint density at radius 2 is 1.67 bits per heavy atom. The van der Waals surface area contributed by atoms with Gasteiger partial charge in [-0.2, -0.15) is 13.2 Å². The summed E-state index contributed by atoms with van der Waals surface area (Å²) in [6.45, 7) is 0.124. The molecule has 0 bridgehead atoms. The zero-order chi connectivity index (χ0) is 21.7. The summed E-state index contributed by atoms with van der Waals surface area (Å²) in [7, 11) is 0. The Kier molecular flexibility index (Phi) is 6.46. The van der Waals surface area contributed by atoms with Gasteiger partial charge in [-0.1, -0.05) is 24.3 Å². The summed E-state index contributed by atoms with van der Waals surface area (Å²) < 4.78 is 52.1. The topological polar surface area (TPSA) is 71.1 Å². The van der Waals surface area contributed by atoms with Crippen LogP contribution in [-0.4, -0.2) is 29.9 Å². The first-order valence-corrected chi connectivity index (χ1v) is 9.58. The highest BCUT2D eigenvalue weighted by atomic mass is 32.1. The molecule has 0 spiro atoms. The molecule has 0 aliphatic heterocycles. The number of nitrogens with one attached hydrogen (secondary N) is 2. The Morgan fingerprint density at radius 1 is 0.967 bits per heavy atom. The molecule has 10 heteroatoms. The first-order chi connectivity index (χ1) is 14.3. The molecule has 156 valence electrons. The number of nitrogens with zero attached hydrogens (tertiary/aromatic N) is 1. The van der Waals surface area contributed by atoms with Gasteiger partial charge in [-0.05, 0) is 24.3 Å². The number of alkyl halides is 3. The molecule has 3 rings (SSSR count). The molecule has 1 aromatic heterocycles. The Labute approximate surface area is 172 Å². The number of aromatic nitrogens is 1. The van der Waals surface area contributed by atoms with Crippen LogP contribution in [0.2, 0.25) is 0 Å². The summed E-state index contributed by atoms with van der Waals surface area (Å²) in [6, 6.07) is 10.2. The monoisotopic (exact) mass is 437 g/mol. The van der Waals surface area contributed by atoms with Crippen molar-refractivity contribution in [3.8, 4) is 10.6 Å². The molecule has 0 saturated heterocycles. The number of benzene rings is 2. The Morgan fingerprint density at radius 3 is 2.37 bits per heavy atom. The second-order valence-electron chi connectivity index (χ2n) is 6.11. The van der Waals surface area contributed by atoms with Crippen LogP contribution < -0.4 is 10.6 Å². The number of carbonyl (C=O) groups excluding carboxylic acids is 2. The van der Waals surface area contributed by atoms with Crippen LogP contribution >= 0.6 is 11.3 Å². The Balaban J connectivity index is 1.54. The van der Waals surface area contributed by atoms with E-state index in [0.29, 0.717) is 0 Å². The third-order valence-electron chi connectivity index (χ3n) is 3.99. The van der Waals surface area contributed by atoms with Crippen LogP contribution in [0.25, 0.3) is 10.6 Å². The Hall–Kier alpha value is -3.27. The fourth-order valence-corrected chi connectivity index (χ4v) is 3.32. The number of rotatable bonds is 6. The summed E-state index contributed by atoms with van der Waals surface area (Å²) in [5.74, 6) is -1.80. The molecule has 0 aliphatic rings. The third kappa shape index (κ3) is 5.20. The summed E-state index contributed by atoms with van der Waals surface area (Å²) >= 11 is 1.04. The van der Waals surface area contributed by atoms with E-state index in [0.717, 1.165) is 23.5 Å². The predicted octanol–water partition coefficient (Wildman–Crippen LogP) is 4.13. The van der Waals surface area contributed by atoms with Crippen LogP contribution in [0.1, 0.15) is 26.4 Å². The van der Waals surface area contributed by atoms with Crippen LogP contribution in [-0.2, 0) is 6.18 Å². The van der Waals surface area contributed by atoms with Gasteiger partial charge in [-0.3, -0.25) is 9.59 Å². The minimum atomic E-state index is -4.47. The molecule has 5 nitrogen and oxygen atoms in total. The minimum absolute atomic E-state index is 0.0489. The second kappa shape index (κ2) is 9.04. The molecule has 0 atom stereocenters.